The lowest BCUT2D eigenvalue weighted by atomic mass is 9.95. The molecule has 1 amide bonds. The molecule has 0 aliphatic carbocycles. The minimum absolute atomic E-state index is 0.0718. The Kier molecular flexibility index (Phi) is 9.92. The zero-order chi connectivity index (χ0) is 28.3. The SMILES string of the molecule is C=C1C=CN([C@@H]2O[C@H](COP(=S)(NC(C(=O)OC(C)C)C(C)C)Oc3ccccc3)[C@@H](O)[C@@]2(C)O)C(=O)C1. The topological polar surface area (TPSA) is 127 Å². The maximum Gasteiger partial charge on any atom is 0.324 e. The third-order valence-electron chi connectivity index (χ3n) is 6.09. The highest BCUT2D eigenvalue weighted by Crippen LogP contribution is 2.47. The number of esters is 1. The van der Waals surface area contributed by atoms with Gasteiger partial charge in [-0.25, -0.2) is 5.09 Å². The third kappa shape index (κ3) is 7.30. The summed E-state index contributed by atoms with van der Waals surface area (Å²) in [5.41, 5.74) is -1.17. The van der Waals surface area contributed by atoms with Crippen molar-refractivity contribution >= 4 is 30.3 Å². The Morgan fingerprint density at radius 1 is 1.32 bits per heavy atom. The summed E-state index contributed by atoms with van der Waals surface area (Å²) in [6, 6.07) is 7.93. The minimum atomic E-state index is -3.44. The molecule has 12 heteroatoms. The highest BCUT2D eigenvalue weighted by molar-refractivity contribution is 8.09. The average molecular weight is 569 g/mol. The van der Waals surface area contributed by atoms with Gasteiger partial charge in [-0.1, -0.05) is 38.6 Å². The number of benzene rings is 1. The first kappa shape index (κ1) is 30.4. The molecule has 1 fully saturated rings. The largest absolute Gasteiger partial charge is 0.462 e. The maximum atomic E-state index is 12.8. The van der Waals surface area contributed by atoms with Crippen molar-refractivity contribution in [3.63, 3.8) is 0 Å². The van der Waals surface area contributed by atoms with Crippen LogP contribution in [-0.2, 0) is 35.4 Å². The Bertz CT molecular complexity index is 1090. The zero-order valence-corrected chi connectivity index (χ0v) is 24.0. The van der Waals surface area contributed by atoms with E-state index >= 15 is 0 Å². The van der Waals surface area contributed by atoms with Crippen LogP contribution in [0.4, 0.5) is 0 Å². The first-order valence-electron chi connectivity index (χ1n) is 12.4. The number of hydrogen-bond acceptors (Lipinski definition) is 9. The number of aliphatic hydroxyl groups excluding tert-OH is 1. The monoisotopic (exact) mass is 568 g/mol. The van der Waals surface area contributed by atoms with Gasteiger partial charge in [0.2, 0.25) is 5.91 Å². The fraction of sp³-hybridized carbons (Fsp3) is 0.538. The van der Waals surface area contributed by atoms with Gasteiger partial charge in [0.25, 0.3) is 0 Å². The van der Waals surface area contributed by atoms with E-state index in [0.717, 1.165) is 0 Å². The van der Waals surface area contributed by atoms with Gasteiger partial charge < -0.3 is 28.7 Å². The van der Waals surface area contributed by atoms with Crippen LogP contribution in [0.1, 0.15) is 41.0 Å². The van der Waals surface area contributed by atoms with Crippen LogP contribution in [0, 0.1) is 5.92 Å². The number of carbonyl (C=O) groups excluding carboxylic acids is 2. The van der Waals surface area contributed by atoms with E-state index in [0.29, 0.717) is 11.3 Å². The fourth-order valence-electron chi connectivity index (χ4n) is 4.03. The van der Waals surface area contributed by atoms with E-state index < -0.39 is 42.7 Å². The summed E-state index contributed by atoms with van der Waals surface area (Å²) >= 11 is 5.79. The standard InChI is InChI=1S/C26H37N2O8PS/c1-16(2)22(24(31)34-17(3)4)27-37(38,36-19-10-8-7-9-11-19)33-15-20-23(30)26(6,32)25(35-20)28-13-12-18(5)14-21(28)29/h7-13,16-17,20,22-23,25,30,32H,5,14-15H2,1-4,6H3,(H,27,38)/t20-,22?,23-,25-,26-,37?/m1/s1. The van der Waals surface area contributed by atoms with Crippen LogP contribution in [0.3, 0.4) is 0 Å². The Morgan fingerprint density at radius 3 is 2.55 bits per heavy atom. The first-order valence-corrected chi connectivity index (χ1v) is 15.1. The molecule has 2 unspecified atom stereocenters. The molecular formula is C26H37N2O8PS. The average Bonchev–Trinajstić information content (AvgIpc) is 3.05. The molecule has 0 spiro atoms. The van der Waals surface area contributed by atoms with Gasteiger partial charge in [-0.2, -0.15) is 0 Å². The number of amides is 1. The molecule has 6 atom stereocenters. The molecule has 210 valence electrons. The van der Waals surface area contributed by atoms with Crippen LogP contribution >= 0.6 is 6.64 Å². The molecule has 1 aromatic rings. The lowest BCUT2D eigenvalue weighted by molar-refractivity contribution is -0.156. The van der Waals surface area contributed by atoms with Crippen LogP contribution in [-0.4, -0.2) is 69.8 Å². The summed E-state index contributed by atoms with van der Waals surface area (Å²) in [6.07, 6.45) is -0.756. The number of nitrogens with one attached hydrogen (secondary N) is 1. The molecule has 1 aromatic carbocycles. The second kappa shape index (κ2) is 12.4. The number of para-hydroxylation sites is 1. The Labute approximate surface area is 228 Å². The molecule has 0 bridgehead atoms. The molecule has 0 aromatic heterocycles. The molecule has 3 rings (SSSR count). The second-order valence-electron chi connectivity index (χ2n) is 10.2. The summed E-state index contributed by atoms with van der Waals surface area (Å²) in [5, 5.41) is 25.0. The number of ether oxygens (including phenoxy) is 2. The van der Waals surface area contributed by atoms with Crippen molar-refractivity contribution in [1.82, 2.24) is 9.99 Å². The van der Waals surface area contributed by atoms with Gasteiger partial charge in [-0.05, 0) is 62.3 Å². The molecule has 2 aliphatic heterocycles. The zero-order valence-electron chi connectivity index (χ0n) is 22.3. The van der Waals surface area contributed by atoms with E-state index in [-0.39, 0.29) is 31.0 Å². The van der Waals surface area contributed by atoms with Crippen molar-refractivity contribution in [3.8, 4) is 5.75 Å². The van der Waals surface area contributed by atoms with Crippen LogP contribution in [0.2, 0.25) is 0 Å². The summed E-state index contributed by atoms with van der Waals surface area (Å²) < 4.78 is 23.4. The third-order valence-corrected chi connectivity index (χ3v) is 8.48. The molecular weight excluding hydrogens is 531 g/mol. The predicted octanol–water partition coefficient (Wildman–Crippen LogP) is 3.01. The van der Waals surface area contributed by atoms with Crippen molar-refractivity contribution in [2.45, 2.75) is 77.2 Å². The molecule has 0 radical (unpaired) electrons. The van der Waals surface area contributed by atoms with Gasteiger partial charge in [-0.3, -0.25) is 14.5 Å². The Balaban J connectivity index is 1.81. The molecule has 2 heterocycles. The highest BCUT2D eigenvalue weighted by Gasteiger charge is 2.55. The van der Waals surface area contributed by atoms with E-state index in [1.165, 1.54) is 18.0 Å². The van der Waals surface area contributed by atoms with Crippen molar-refractivity contribution in [2.24, 2.45) is 5.92 Å². The van der Waals surface area contributed by atoms with Gasteiger partial charge in [-0.15, -0.1) is 0 Å². The molecule has 0 saturated carbocycles. The van der Waals surface area contributed by atoms with E-state index in [2.05, 4.69) is 11.7 Å². The number of hydrogen-bond donors (Lipinski definition) is 3. The summed E-state index contributed by atoms with van der Waals surface area (Å²) in [4.78, 5) is 26.6. The van der Waals surface area contributed by atoms with Gasteiger partial charge in [0, 0.05) is 6.20 Å². The highest BCUT2D eigenvalue weighted by atomic mass is 32.5. The lowest BCUT2D eigenvalue weighted by Crippen LogP contribution is -2.53. The van der Waals surface area contributed by atoms with Gasteiger partial charge in [0.05, 0.1) is 19.1 Å². The number of rotatable bonds is 11. The van der Waals surface area contributed by atoms with E-state index in [4.69, 9.17) is 30.3 Å². The van der Waals surface area contributed by atoms with E-state index in [9.17, 15) is 19.8 Å². The maximum absolute atomic E-state index is 12.8. The second-order valence-corrected chi connectivity index (χ2v) is 13.3. The van der Waals surface area contributed by atoms with Crippen molar-refractivity contribution in [2.75, 3.05) is 6.61 Å². The first-order chi connectivity index (χ1) is 17.7. The molecule has 10 nitrogen and oxygen atoms in total. The number of aliphatic hydroxyl groups is 2. The molecule has 38 heavy (non-hydrogen) atoms. The number of carbonyl (C=O) groups is 2. The Morgan fingerprint density at radius 2 is 1.97 bits per heavy atom. The van der Waals surface area contributed by atoms with Gasteiger partial charge in [0.15, 0.2) is 6.23 Å². The molecule has 1 saturated heterocycles. The quantitative estimate of drug-likeness (QED) is 0.271. The number of nitrogens with zero attached hydrogens (tertiary/aromatic N) is 1. The summed E-state index contributed by atoms with van der Waals surface area (Å²) in [5.74, 6) is -0.609. The van der Waals surface area contributed by atoms with Crippen LogP contribution in [0.15, 0.2) is 54.8 Å². The minimum Gasteiger partial charge on any atom is -0.462 e. The van der Waals surface area contributed by atoms with Crippen LogP contribution in [0.5, 0.6) is 5.75 Å². The summed E-state index contributed by atoms with van der Waals surface area (Å²) in [6.45, 7) is 8.62. The van der Waals surface area contributed by atoms with Crippen LogP contribution in [0.25, 0.3) is 0 Å². The normalized spacial score (nSPS) is 28.0. The molecule has 2 aliphatic rings. The van der Waals surface area contributed by atoms with E-state index in [1.807, 2.05) is 19.9 Å². The van der Waals surface area contributed by atoms with Crippen molar-refractivity contribution in [3.05, 3.63) is 54.8 Å². The van der Waals surface area contributed by atoms with Crippen LogP contribution < -0.4 is 9.61 Å². The Hall–Kier alpha value is -2.11. The molecule has 3 N–H and O–H groups in total. The van der Waals surface area contributed by atoms with Crippen molar-refractivity contribution < 1.29 is 38.3 Å². The smallest absolute Gasteiger partial charge is 0.324 e. The lowest BCUT2D eigenvalue weighted by Gasteiger charge is -2.35. The van der Waals surface area contributed by atoms with Crippen molar-refractivity contribution in [1.29, 1.82) is 0 Å². The predicted molar refractivity (Wildman–Crippen MR) is 145 cm³/mol. The van der Waals surface area contributed by atoms with Gasteiger partial charge >= 0.3 is 12.6 Å². The van der Waals surface area contributed by atoms with Gasteiger partial charge in [0.1, 0.15) is 29.6 Å². The fourth-order valence-corrected chi connectivity index (χ4v) is 6.48. The summed E-state index contributed by atoms with van der Waals surface area (Å²) in [7, 11) is 0. The number of allylic oxidation sites excluding steroid dienone is 1. The van der Waals surface area contributed by atoms with E-state index in [1.54, 1.807) is 44.2 Å².